The van der Waals surface area contributed by atoms with Crippen molar-refractivity contribution >= 4 is 11.6 Å². The average molecular weight is 282 g/mol. The van der Waals surface area contributed by atoms with Crippen molar-refractivity contribution in [3.05, 3.63) is 34.9 Å². The number of nitrogens with one attached hydrogen (secondary N) is 1. The molecule has 1 aromatic rings. The van der Waals surface area contributed by atoms with Crippen LogP contribution >= 0.6 is 11.6 Å². The maximum Gasteiger partial charge on any atom is 0.0813 e. The molecule has 0 bridgehead atoms. The van der Waals surface area contributed by atoms with Gasteiger partial charge in [-0.15, -0.1) is 0 Å². The zero-order valence-corrected chi connectivity index (χ0v) is 12.7. The van der Waals surface area contributed by atoms with Crippen molar-refractivity contribution in [2.75, 3.05) is 13.6 Å². The van der Waals surface area contributed by atoms with Gasteiger partial charge in [0.2, 0.25) is 0 Å². The Balaban J connectivity index is 2.00. The molecule has 1 aromatic carbocycles. The lowest BCUT2D eigenvalue weighted by Crippen LogP contribution is -2.45. The maximum atomic E-state index is 6.30. The van der Waals surface area contributed by atoms with Crippen molar-refractivity contribution in [2.45, 2.75) is 44.8 Å². The zero-order chi connectivity index (χ0) is 13.7. The average Bonchev–Trinajstić information content (AvgIpc) is 2.37. The topological polar surface area (TPSA) is 21.3 Å². The third kappa shape index (κ3) is 4.20. The second-order valence-electron chi connectivity index (χ2n) is 5.83. The lowest BCUT2D eigenvalue weighted by molar-refractivity contribution is -0.0880. The molecule has 2 atom stereocenters. The molecule has 2 unspecified atom stereocenters. The third-order valence-electron chi connectivity index (χ3n) is 3.98. The number of hydrogen-bond acceptors (Lipinski definition) is 2. The van der Waals surface area contributed by atoms with E-state index in [4.69, 9.17) is 16.3 Å². The molecule has 0 saturated heterocycles. The number of halogens is 1. The number of rotatable bonds is 5. The summed E-state index contributed by atoms with van der Waals surface area (Å²) >= 11 is 6.02. The van der Waals surface area contributed by atoms with E-state index in [1.54, 1.807) is 0 Å². The normalized spacial score (nSPS) is 27.4. The van der Waals surface area contributed by atoms with Gasteiger partial charge in [-0.2, -0.15) is 0 Å². The lowest BCUT2D eigenvalue weighted by Gasteiger charge is -2.40. The fourth-order valence-electron chi connectivity index (χ4n) is 3.14. The molecule has 2 rings (SSSR count). The second-order valence-corrected chi connectivity index (χ2v) is 6.27. The summed E-state index contributed by atoms with van der Waals surface area (Å²) in [6, 6.07) is 7.94. The van der Waals surface area contributed by atoms with Crippen LogP contribution in [0.3, 0.4) is 0 Å². The first-order chi connectivity index (χ1) is 9.13. The minimum absolute atomic E-state index is 0.00522. The van der Waals surface area contributed by atoms with Gasteiger partial charge in [-0.05, 0) is 43.5 Å². The first-order valence-corrected chi connectivity index (χ1v) is 7.54. The van der Waals surface area contributed by atoms with E-state index in [0.29, 0.717) is 6.61 Å². The van der Waals surface area contributed by atoms with Crippen LogP contribution in [0.25, 0.3) is 0 Å². The molecule has 1 saturated carbocycles. The van der Waals surface area contributed by atoms with Crippen LogP contribution < -0.4 is 5.32 Å². The van der Waals surface area contributed by atoms with Gasteiger partial charge < -0.3 is 10.1 Å². The van der Waals surface area contributed by atoms with E-state index in [1.165, 1.54) is 12.8 Å². The molecular weight excluding hydrogens is 258 g/mol. The Bertz CT molecular complexity index is 405. The zero-order valence-electron chi connectivity index (χ0n) is 11.9. The molecule has 0 aliphatic heterocycles. The number of likely N-dealkylation sites (N-methyl/N-ethyl adjacent to an activating group) is 1. The van der Waals surface area contributed by atoms with E-state index in [2.05, 4.69) is 18.3 Å². The Morgan fingerprint density at radius 1 is 1.47 bits per heavy atom. The molecule has 3 heteroatoms. The summed E-state index contributed by atoms with van der Waals surface area (Å²) in [5.41, 5.74) is 1.15. The summed E-state index contributed by atoms with van der Waals surface area (Å²) in [5.74, 6) is 0.751. The monoisotopic (exact) mass is 281 g/mol. The lowest BCUT2D eigenvalue weighted by atomic mass is 9.78. The molecule has 1 aliphatic rings. The van der Waals surface area contributed by atoms with Crippen LogP contribution in [-0.4, -0.2) is 19.2 Å². The van der Waals surface area contributed by atoms with Gasteiger partial charge in [0, 0.05) is 11.6 Å². The van der Waals surface area contributed by atoms with Gasteiger partial charge in [0.05, 0.1) is 12.2 Å². The maximum absolute atomic E-state index is 6.30. The summed E-state index contributed by atoms with van der Waals surface area (Å²) in [6.45, 7) is 3.90. The van der Waals surface area contributed by atoms with Crippen LogP contribution in [-0.2, 0) is 11.3 Å². The molecule has 1 N–H and O–H groups in total. The molecule has 0 heterocycles. The highest BCUT2D eigenvalue weighted by molar-refractivity contribution is 6.30. The van der Waals surface area contributed by atoms with E-state index in [9.17, 15) is 0 Å². The van der Waals surface area contributed by atoms with Gasteiger partial charge in [0.1, 0.15) is 0 Å². The molecule has 1 fully saturated rings. The smallest absolute Gasteiger partial charge is 0.0813 e. The number of hydrogen-bond donors (Lipinski definition) is 1. The van der Waals surface area contributed by atoms with Crippen LogP contribution in [0.1, 0.15) is 38.2 Å². The summed E-state index contributed by atoms with van der Waals surface area (Å²) in [4.78, 5) is 0. The van der Waals surface area contributed by atoms with Gasteiger partial charge in [-0.3, -0.25) is 0 Å². The fourth-order valence-corrected chi connectivity index (χ4v) is 3.35. The second kappa shape index (κ2) is 6.74. The Kier molecular flexibility index (Phi) is 5.26. The van der Waals surface area contributed by atoms with Crippen molar-refractivity contribution in [3.8, 4) is 0 Å². The van der Waals surface area contributed by atoms with Gasteiger partial charge >= 0.3 is 0 Å². The minimum Gasteiger partial charge on any atom is -0.369 e. The summed E-state index contributed by atoms with van der Waals surface area (Å²) in [6.07, 6.45) is 4.89. The minimum atomic E-state index is -0.00522. The van der Waals surface area contributed by atoms with E-state index >= 15 is 0 Å². The Morgan fingerprint density at radius 3 is 3.00 bits per heavy atom. The summed E-state index contributed by atoms with van der Waals surface area (Å²) in [5, 5.41) is 4.07. The molecule has 19 heavy (non-hydrogen) atoms. The number of benzene rings is 1. The van der Waals surface area contributed by atoms with E-state index in [-0.39, 0.29) is 5.60 Å². The molecular formula is C16H24ClNO. The van der Waals surface area contributed by atoms with Crippen LogP contribution in [0.2, 0.25) is 5.02 Å². The van der Waals surface area contributed by atoms with Gasteiger partial charge in [-0.1, -0.05) is 43.5 Å². The van der Waals surface area contributed by atoms with Gasteiger partial charge in [0.25, 0.3) is 0 Å². The van der Waals surface area contributed by atoms with E-state index in [0.717, 1.165) is 35.9 Å². The van der Waals surface area contributed by atoms with Crippen molar-refractivity contribution in [3.63, 3.8) is 0 Å². The molecule has 0 radical (unpaired) electrons. The van der Waals surface area contributed by atoms with Gasteiger partial charge in [-0.25, -0.2) is 0 Å². The fraction of sp³-hybridized carbons (Fsp3) is 0.625. The van der Waals surface area contributed by atoms with Crippen LogP contribution in [0.15, 0.2) is 24.3 Å². The van der Waals surface area contributed by atoms with E-state index in [1.807, 2.05) is 25.2 Å². The highest BCUT2D eigenvalue weighted by Crippen LogP contribution is 2.35. The molecule has 1 aliphatic carbocycles. The molecule has 106 valence electrons. The predicted octanol–water partition coefficient (Wildman–Crippen LogP) is 4.02. The standard InChI is InChI=1S/C16H24ClNO/c1-13-5-4-8-16(10-13,12-18-2)19-11-14-6-3-7-15(17)9-14/h3,6-7,9,13,18H,4-5,8,10-12H2,1-2H3. The highest BCUT2D eigenvalue weighted by atomic mass is 35.5. The number of ether oxygens (including phenoxy) is 1. The third-order valence-corrected chi connectivity index (χ3v) is 4.22. The quantitative estimate of drug-likeness (QED) is 0.880. The van der Waals surface area contributed by atoms with Crippen molar-refractivity contribution in [2.24, 2.45) is 5.92 Å². The first-order valence-electron chi connectivity index (χ1n) is 7.16. The first kappa shape index (κ1) is 14.8. The highest BCUT2D eigenvalue weighted by Gasteiger charge is 2.35. The van der Waals surface area contributed by atoms with Crippen molar-refractivity contribution < 1.29 is 4.74 Å². The molecule has 0 amide bonds. The Labute approximate surface area is 121 Å². The Morgan fingerprint density at radius 2 is 2.32 bits per heavy atom. The van der Waals surface area contributed by atoms with Crippen LogP contribution in [0.5, 0.6) is 0 Å². The van der Waals surface area contributed by atoms with Crippen LogP contribution in [0, 0.1) is 5.92 Å². The van der Waals surface area contributed by atoms with E-state index < -0.39 is 0 Å². The van der Waals surface area contributed by atoms with Crippen molar-refractivity contribution in [1.29, 1.82) is 0 Å². The molecule has 0 spiro atoms. The molecule has 0 aromatic heterocycles. The van der Waals surface area contributed by atoms with Crippen LogP contribution in [0.4, 0.5) is 0 Å². The van der Waals surface area contributed by atoms with Crippen molar-refractivity contribution in [1.82, 2.24) is 5.32 Å². The largest absolute Gasteiger partial charge is 0.369 e. The van der Waals surface area contributed by atoms with Gasteiger partial charge in [0.15, 0.2) is 0 Å². The predicted molar refractivity (Wildman–Crippen MR) is 80.5 cm³/mol. The Hall–Kier alpha value is -0.570. The SMILES string of the molecule is CNCC1(OCc2cccc(Cl)c2)CCCC(C)C1. The summed E-state index contributed by atoms with van der Waals surface area (Å²) in [7, 11) is 2.00. The molecule has 2 nitrogen and oxygen atoms in total. The summed E-state index contributed by atoms with van der Waals surface area (Å²) < 4.78 is 6.30.